The fourth-order valence-corrected chi connectivity index (χ4v) is 3.22. The Balaban J connectivity index is 0.00000147. The van der Waals surface area contributed by atoms with Gasteiger partial charge in [-0.15, -0.1) is 12.4 Å². The maximum atomic E-state index is 12.4. The highest BCUT2D eigenvalue weighted by atomic mass is 35.5. The van der Waals surface area contributed by atoms with Crippen molar-refractivity contribution in [3.63, 3.8) is 0 Å². The molecule has 1 aliphatic carbocycles. The second kappa shape index (κ2) is 6.15. The van der Waals surface area contributed by atoms with Crippen LogP contribution in [0, 0.1) is 5.41 Å². The average Bonchev–Trinajstić information content (AvgIpc) is 2.87. The molecular weight excluding hydrogens is 272 g/mol. The number of anilines is 1. The standard InChI is InChI=1S/C16H22N2O.ClH/c1-16(7-2-3-8-16)15(19)18-14-5-4-12-6-9-17-11-13(12)10-14;/h4-5,10,17H,2-3,6-9,11H2,1H3,(H,18,19);1H. The lowest BCUT2D eigenvalue weighted by Crippen LogP contribution is -2.31. The molecule has 1 amide bonds. The summed E-state index contributed by atoms with van der Waals surface area (Å²) >= 11 is 0. The predicted octanol–water partition coefficient (Wildman–Crippen LogP) is 3.27. The van der Waals surface area contributed by atoms with Crippen LogP contribution in [0.2, 0.25) is 0 Å². The molecule has 1 aliphatic heterocycles. The second-order valence-electron chi connectivity index (χ2n) is 6.13. The summed E-state index contributed by atoms with van der Waals surface area (Å²) in [6.45, 7) is 4.06. The Morgan fingerprint density at radius 1 is 1.25 bits per heavy atom. The molecule has 20 heavy (non-hydrogen) atoms. The van der Waals surface area contributed by atoms with Crippen LogP contribution in [0.3, 0.4) is 0 Å². The molecule has 4 heteroatoms. The fourth-order valence-electron chi connectivity index (χ4n) is 3.22. The van der Waals surface area contributed by atoms with E-state index in [4.69, 9.17) is 0 Å². The summed E-state index contributed by atoms with van der Waals surface area (Å²) in [6, 6.07) is 6.32. The van der Waals surface area contributed by atoms with Gasteiger partial charge in [0.1, 0.15) is 0 Å². The number of amides is 1. The predicted molar refractivity (Wildman–Crippen MR) is 84.3 cm³/mol. The molecule has 1 saturated carbocycles. The second-order valence-corrected chi connectivity index (χ2v) is 6.13. The van der Waals surface area contributed by atoms with Crippen molar-refractivity contribution in [2.75, 3.05) is 11.9 Å². The van der Waals surface area contributed by atoms with E-state index in [1.807, 2.05) is 6.07 Å². The van der Waals surface area contributed by atoms with E-state index in [-0.39, 0.29) is 23.7 Å². The zero-order valence-electron chi connectivity index (χ0n) is 12.0. The van der Waals surface area contributed by atoms with Crippen LogP contribution >= 0.6 is 12.4 Å². The van der Waals surface area contributed by atoms with E-state index in [0.717, 1.165) is 38.0 Å². The molecule has 0 unspecified atom stereocenters. The van der Waals surface area contributed by atoms with E-state index in [0.29, 0.717) is 0 Å². The first-order chi connectivity index (χ1) is 9.17. The number of carbonyl (C=O) groups excluding carboxylic acids is 1. The zero-order valence-corrected chi connectivity index (χ0v) is 12.8. The lowest BCUT2D eigenvalue weighted by molar-refractivity contribution is -0.124. The number of benzene rings is 1. The lowest BCUT2D eigenvalue weighted by atomic mass is 9.87. The summed E-state index contributed by atoms with van der Waals surface area (Å²) < 4.78 is 0. The first-order valence-electron chi connectivity index (χ1n) is 7.31. The van der Waals surface area contributed by atoms with Crippen molar-refractivity contribution >= 4 is 24.0 Å². The highest BCUT2D eigenvalue weighted by molar-refractivity contribution is 5.95. The van der Waals surface area contributed by atoms with Gasteiger partial charge >= 0.3 is 0 Å². The van der Waals surface area contributed by atoms with Gasteiger partial charge in [-0.1, -0.05) is 25.8 Å². The molecule has 0 radical (unpaired) electrons. The Morgan fingerprint density at radius 3 is 2.75 bits per heavy atom. The van der Waals surface area contributed by atoms with Gasteiger partial charge < -0.3 is 10.6 Å². The van der Waals surface area contributed by atoms with Gasteiger partial charge in [-0.3, -0.25) is 4.79 Å². The number of rotatable bonds is 2. The van der Waals surface area contributed by atoms with Gasteiger partial charge in [0, 0.05) is 17.6 Å². The monoisotopic (exact) mass is 294 g/mol. The molecule has 0 spiro atoms. The van der Waals surface area contributed by atoms with Crippen molar-refractivity contribution in [1.82, 2.24) is 5.32 Å². The van der Waals surface area contributed by atoms with Gasteiger partial charge in [0.15, 0.2) is 0 Å². The van der Waals surface area contributed by atoms with Crippen LogP contribution in [0.1, 0.15) is 43.7 Å². The normalized spacial score (nSPS) is 19.9. The topological polar surface area (TPSA) is 41.1 Å². The minimum atomic E-state index is -0.159. The molecule has 0 aromatic heterocycles. The van der Waals surface area contributed by atoms with Crippen molar-refractivity contribution in [2.24, 2.45) is 5.41 Å². The molecule has 3 nitrogen and oxygen atoms in total. The molecule has 2 aliphatic rings. The van der Waals surface area contributed by atoms with Crippen molar-refractivity contribution in [3.8, 4) is 0 Å². The largest absolute Gasteiger partial charge is 0.326 e. The first-order valence-corrected chi connectivity index (χ1v) is 7.31. The minimum Gasteiger partial charge on any atom is -0.326 e. The summed E-state index contributed by atoms with van der Waals surface area (Å²) in [5.41, 5.74) is 3.51. The maximum Gasteiger partial charge on any atom is 0.230 e. The van der Waals surface area contributed by atoms with Gasteiger partial charge in [0.2, 0.25) is 5.91 Å². The summed E-state index contributed by atoms with van der Waals surface area (Å²) in [5.74, 6) is 0.189. The Labute approximate surface area is 126 Å². The molecule has 1 fully saturated rings. The van der Waals surface area contributed by atoms with Gasteiger partial charge in [0.05, 0.1) is 0 Å². The van der Waals surface area contributed by atoms with Crippen LogP contribution in [0.25, 0.3) is 0 Å². The number of carbonyl (C=O) groups is 1. The van der Waals surface area contributed by atoms with E-state index in [1.54, 1.807) is 0 Å². The van der Waals surface area contributed by atoms with E-state index in [2.05, 4.69) is 29.7 Å². The van der Waals surface area contributed by atoms with Crippen LogP contribution < -0.4 is 10.6 Å². The summed E-state index contributed by atoms with van der Waals surface area (Å²) in [5, 5.41) is 6.48. The highest BCUT2D eigenvalue weighted by Crippen LogP contribution is 2.38. The molecule has 1 aromatic rings. The summed E-state index contributed by atoms with van der Waals surface area (Å²) in [4.78, 5) is 12.4. The molecule has 0 atom stereocenters. The number of halogens is 1. The van der Waals surface area contributed by atoms with E-state index < -0.39 is 0 Å². The van der Waals surface area contributed by atoms with E-state index in [9.17, 15) is 4.79 Å². The van der Waals surface area contributed by atoms with Gasteiger partial charge in [-0.25, -0.2) is 0 Å². The average molecular weight is 295 g/mol. The smallest absolute Gasteiger partial charge is 0.230 e. The molecule has 0 bridgehead atoms. The quantitative estimate of drug-likeness (QED) is 0.879. The highest BCUT2D eigenvalue weighted by Gasteiger charge is 2.36. The van der Waals surface area contributed by atoms with Gasteiger partial charge in [-0.2, -0.15) is 0 Å². The fraction of sp³-hybridized carbons (Fsp3) is 0.562. The molecule has 0 saturated heterocycles. The molecule has 1 aromatic carbocycles. The number of hydrogen-bond acceptors (Lipinski definition) is 2. The van der Waals surface area contributed by atoms with Crippen LogP contribution in [0.15, 0.2) is 18.2 Å². The SMILES string of the molecule is CC1(C(=O)Nc2ccc3c(c2)CNCC3)CCCC1.Cl. The van der Waals surface area contributed by atoms with Crippen molar-refractivity contribution in [2.45, 2.75) is 45.6 Å². The Morgan fingerprint density at radius 2 is 2.00 bits per heavy atom. The number of nitrogens with one attached hydrogen (secondary N) is 2. The molecule has 2 N–H and O–H groups in total. The van der Waals surface area contributed by atoms with Crippen molar-refractivity contribution in [3.05, 3.63) is 29.3 Å². The third-order valence-electron chi connectivity index (χ3n) is 4.61. The maximum absolute atomic E-state index is 12.4. The van der Waals surface area contributed by atoms with Crippen LogP contribution in [-0.2, 0) is 17.8 Å². The number of hydrogen-bond donors (Lipinski definition) is 2. The van der Waals surface area contributed by atoms with Crippen molar-refractivity contribution in [1.29, 1.82) is 0 Å². The summed E-state index contributed by atoms with van der Waals surface area (Å²) in [7, 11) is 0. The van der Waals surface area contributed by atoms with E-state index in [1.165, 1.54) is 24.0 Å². The van der Waals surface area contributed by atoms with E-state index >= 15 is 0 Å². The minimum absolute atomic E-state index is 0. The molecule has 110 valence electrons. The van der Waals surface area contributed by atoms with Gasteiger partial charge in [-0.05, 0) is 49.1 Å². The lowest BCUT2D eigenvalue weighted by Gasteiger charge is -2.23. The first kappa shape index (κ1) is 15.3. The Bertz CT molecular complexity index is 495. The molecule has 1 heterocycles. The van der Waals surface area contributed by atoms with Gasteiger partial charge in [0.25, 0.3) is 0 Å². The zero-order chi connectivity index (χ0) is 13.3. The van der Waals surface area contributed by atoms with Crippen LogP contribution in [0.5, 0.6) is 0 Å². The molecule has 3 rings (SSSR count). The third kappa shape index (κ3) is 2.99. The summed E-state index contributed by atoms with van der Waals surface area (Å²) in [6.07, 6.45) is 5.48. The van der Waals surface area contributed by atoms with Crippen LogP contribution in [-0.4, -0.2) is 12.5 Å². The number of fused-ring (bicyclic) bond motifs is 1. The molecular formula is C16H23ClN2O. The third-order valence-corrected chi connectivity index (χ3v) is 4.61. The van der Waals surface area contributed by atoms with Crippen molar-refractivity contribution < 1.29 is 4.79 Å². The Hall–Kier alpha value is -1.06. The Kier molecular flexibility index (Phi) is 4.71. The van der Waals surface area contributed by atoms with Crippen LogP contribution in [0.4, 0.5) is 5.69 Å².